The molecule has 26 heavy (non-hydrogen) atoms. The number of nitrogens with one attached hydrogen (secondary N) is 1. The van der Waals surface area contributed by atoms with Crippen LogP contribution in [0.25, 0.3) is 0 Å². The summed E-state index contributed by atoms with van der Waals surface area (Å²) >= 11 is 0. The first-order valence-electron chi connectivity index (χ1n) is 9.55. The first kappa shape index (κ1) is 21.5. The highest BCUT2D eigenvalue weighted by Crippen LogP contribution is 2.28. The number of hydrogen-bond donors (Lipinski definition) is 1. The Morgan fingerprint density at radius 2 is 2.19 bits per heavy atom. The smallest absolute Gasteiger partial charge is 0.193 e. The average molecular weight is 476 g/mol. The predicted molar refractivity (Wildman–Crippen MR) is 115 cm³/mol. The second kappa shape index (κ2) is 11.1. The van der Waals surface area contributed by atoms with E-state index in [0.717, 1.165) is 57.0 Å². The van der Waals surface area contributed by atoms with Crippen molar-refractivity contribution < 1.29 is 9.15 Å². The molecule has 1 saturated heterocycles. The molecule has 2 heterocycles. The largest absolute Gasteiger partial charge is 0.468 e. The van der Waals surface area contributed by atoms with Crippen LogP contribution in [0, 0.1) is 5.92 Å². The van der Waals surface area contributed by atoms with Crippen molar-refractivity contribution in [3.8, 4) is 0 Å². The maximum atomic E-state index is 5.74. The lowest BCUT2D eigenvalue weighted by atomic mass is 10.2. The number of guanidine groups is 1. The Labute approximate surface area is 174 Å². The summed E-state index contributed by atoms with van der Waals surface area (Å²) in [5.41, 5.74) is 0. The Bertz CT molecular complexity index is 528. The summed E-state index contributed by atoms with van der Waals surface area (Å²) < 4.78 is 11.4. The first-order valence-corrected chi connectivity index (χ1v) is 9.55. The maximum Gasteiger partial charge on any atom is 0.193 e. The monoisotopic (exact) mass is 476 g/mol. The van der Waals surface area contributed by atoms with Crippen molar-refractivity contribution in [2.45, 2.75) is 31.7 Å². The third kappa shape index (κ3) is 6.42. The van der Waals surface area contributed by atoms with Gasteiger partial charge >= 0.3 is 0 Å². The van der Waals surface area contributed by atoms with Crippen molar-refractivity contribution in [1.82, 2.24) is 15.1 Å². The standard InChI is InChI=1S/C19H32N4O2.HI/c1-20-19(22(2)11-13-24-15-16-7-8-16)21-14-17(18-6-5-12-25-18)23-9-3-4-10-23;/h5-6,12,16-17H,3-4,7-11,13-15H2,1-2H3,(H,20,21);1H. The molecule has 2 fully saturated rings. The van der Waals surface area contributed by atoms with Crippen LogP contribution in [0.2, 0.25) is 0 Å². The summed E-state index contributed by atoms with van der Waals surface area (Å²) in [5, 5.41) is 3.52. The van der Waals surface area contributed by atoms with E-state index in [1.54, 1.807) is 6.26 Å². The van der Waals surface area contributed by atoms with Crippen molar-refractivity contribution in [2.75, 3.05) is 53.5 Å². The Balaban J connectivity index is 0.00000243. The second-order valence-corrected chi connectivity index (χ2v) is 7.14. The second-order valence-electron chi connectivity index (χ2n) is 7.14. The molecule has 3 rings (SSSR count). The zero-order valence-corrected chi connectivity index (χ0v) is 18.4. The Morgan fingerprint density at radius 1 is 1.42 bits per heavy atom. The molecule has 1 saturated carbocycles. The molecule has 1 aromatic heterocycles. The van der Waals surface area contributed by atoms with Gasteiger partial charge < -0.3 is 19.4 Å². The fourth-order valence-electron chi connectivity index (χ4n) is 3.36. The molecule has 0 spiro atoms. The fourth-order valence-corrected chi connectivity index (χ4v) is 3.36. The van der Waals surface area contributed by atoms with Gasteiger partial charge in [-0.15, -0.1) is 24.0 Å². The van der Waals surface area contributed by atoms with Gasteiger partial charge in [0.1, 0.15) is 5.76 Å². The highest BCUT2D eigenvalue weighted by molar-refractivity contribution is 14.0. The molecule has 0 bridgehead atoms. The van der Waals surface area contributed by atoms with Gasteiger partial charge in [-0.25, -0.2) is 0 Å². The van der Waals surface area contributed by atoms with E-state index in [0.29, 0.717) is 0 Å². The summed E-state index contributed by atoms with van der Waals surface area (Å²) in [6, 6.07) is 4.30. The van der Waals surface area contributed by atoms with Gasteiger partial charge in [0.05, 0.1) is 18.9 Å². The van der Waals surface area contributed by atoms with E-state index in [1.807, 2.05) is 13.1 Å². The van der Waals surface area contributed by atoms with E-state index in [2.05, 4.69) is 33.2 Å². The molecule has 1 unspecified atom stereocenters. The Kier molecular flexibility index (Phi) is 9.21. The lowest BCUT2D eigenvalue weighted by molar-refractivity contribution is 0.115. The van der Waals surface area contributed by atoms with E-state index >= 15 is 0 Å². The van der Waals surface area contributed by atoms with Gasteiger partial charge in [0.25, 0.3) is 0 Å². The number of furan rings is 1. The number of halogens is 1. The third-order valence-corrected chi connectivity index (χ3v) is 5.10. The van der Waals surface area contributed by atoms with Gasteiger partial charge in [-0.1, -0.05) is 0 Å². The van der Waals surface area contributed by atoms with Crippen LogP contribution in [-0.2, 0) is 4.74 Å². The van der Waals surface area contributed by atoms with Crippen LogP contribution in [0.1, 0.15) is 37.5 Å². The molecule has 0 aromatic carbocycles. The topological polar surface area (TPSA) is 53.2 Å². The minimum atomic E-state index is 0. The zero-order chi connectivity index (χ0) is 17.5. The average Bonchev–Trinajstić information content (AvgIpc) is 3.07. The number of aliphatic imine (C=N–C) groups is 1. The summed E-state index contributed by atoms with van der Waals surface area (Å²) in [6.45, 7) is 5.58. The van der Waals surface area contributed by atoms with Crippen LogP contribution in [0.4, 0.5) is 0 Å². The van der Waals surface area contributed by atoms with Crippen LogP contribution in [0.5, 0.6) is 0 Å². The third-order valence-electron chi connectivity index (χ3n) is 5.10. The normalized spacial score (nSPS) is 19.2. The van der Waals surface area contributed by atoms with Gasteiger partial charge in [-0.05, 0) is 56.8 Å². The van der Waals surface area contributed by atoms with Crippen molar-refractivity contribution in [3.63, 3.8) is 0 Å². The van der Waals surface area contributed by atoms with Crippen LogP contribution < -0.4 is 5.32 Å². The number of rotatable bonds is 9. The molecule has 0 radical (unpaired) electrons. The van der Waals surface area contributed by atoms with Gasteiger partial charge in [-0.2, -0.15) is 0 Å². The molecule has 7 heteroatoms. The first-order chi connectivity index (χ1) is 12.3. The Hall–Kier alpha value is -0.800. The van der Waals surface area contributed by atoms with Crippen molar-refractivity contribution in [2.24, 2.45) is 10.9 Å². The molecule has 1 aliphatic heterocycles. The van der Waals surface area contributed by atoms with Crippen LogP contribution in [-0.4, -0.2) is 69.2 Å². The number of nitrogens with zero attached hydrogens (tertiary/aromatic N) is 3. The SMILES string of the molecule is CN=C(NCC(c1ccco1)N1CCCC1)N(C)CCOCC1CC1.I. The molecule has 148 valence electrons. The van der Waals surface area contributed by atoms with Crippen molar-refractivity contribution in [1.29, 1.82) is 0 Å². The quantitative estimate of drug-likeness (QED) is 0.257. The predicted octanol–water partition coefficient (Wildman–Crippen LogP) is 2.97. The molecular formula is C19H33IN4O2. The van der Waals surface area contributed by atoms with E-state index in [1.165, 1.54) is 25.7 Å². The van der Waals surface area contributed by atoms with Crippen LogP contribution >= 0.6 is 24.0 Å². The molecule has 0 amide bonds. The summed E-state index contributed by atoms with van der Waals surface area (Å²) in [4.78, 5) is 9.05. The number of hydrogen-bond acceptors (Lipinski definition) is 4. The lowest BCUT2D eigenvalue weighted by Crippen LogP contribution is -2.44. The molecule has 6 nitrogen and oxygen atoms in total. The highest BCUT2D eigenvalue weighted by Gasteiger charge is 2.26. The van der Waals surface area contributed by atoms with E-state index in [-0.39, 0.29) is 30.0 Å². The van der Waals surface area contributed by atoms with E-state index in [4.69, 9.17) is 9.15 Å². The number of likely N-dealkylation sites (N-methyl/N-ethyl adjacent to an activating group) is 1. The van der Waals surface area contributed by atoms with Crippen molar-refractivity contribution in [3.05, 3.63) is 24.2 Å². The van der Waals surface area contributed by atoms with E-state index < -0.39 is 0 Å². The minimum Gasteiger partial charge on any atom is -0.468 e. The number of likely N-dealkylation sites (tertiary alicyclic amines) is 1. The van der Waals surface area contributed by atoms with Gasteiger partial charge in [0, 0.05) is 33.8 Å². The molecule has 2 aliphatic rings. The lowest BCUT2D eigenvalue weighted by Gasteiger charge is -2.28. The van der Waals surface area contributed by atoms with Crippen LogP contribution in [0.15, 0.2) is 27.8 Å². The summed E-state index contributed by atoms with van der Waals surface area (Å²) in [6.07, 6.45) is 6.97. The molecular weight excluding hydrogens is 443 g/mol. The van der Waals surface area contributed by atoms with Gasteiger partial charge in [-0.3, -0.25) is 9.89 Å². The molecule has 1 N–H and O–H groups in total. The summed E-state index contributed by atoms with van der Waals surface area (Å²) in [5.74, 6) is 2.75. The van der Waals surface area contributed by atoms with E-state index in [9.17, 15) is 0 Å². The molecule has 1 aromatic rings. The van der Waals surface area contributed by atoms with Gasteiger partial charge in [0.2, 0.25) is 0 Å². The van der Waals surface area contributed by atoms with Gasteiger partial charge in [0.15, 0.2) is 5.96 Å². The molecule has 1 atom stereocenters. The highest BCUT2D eigenvalue weighted by atomic mass is 127. The van der Waals surface area contributed by atoms with Crippen LogP contribution in [0.3, 0.4) is 0 Å². The number of ether oxygens (including phenoxy) is 1. The molecule has 1 aliphatic carbocycles. The zero-order valence-electron chi connectivity index (χ0n) is 16.0. The van der Waals surface area contributed by atoms with Crippen molar-refractivity contribution >= 4 is 29.9 Å². The fraction of sp³-hybridized carbons (Fsp3) is 0.737. The maximum absolute atomic E-state index is 5.74. The summed E-state index contributed by atoms with van der Waals surface area (Å²) in [7, 11) is 3.90. The minimum absolute atomic E-state index is 0. The Morgan fingerprint density at radius 3 is 2.81 bits per heavy atom.